The van der Waals surface area contributed by atoms with Crippen molar-refractivity contribution in [3.8, 4) is 0 Å². The van der Waals surface area contributed by atoms with Crippen LogP contribution in [0.15, 0.2) is 24.3 Å². The largest absolute Gasteiger partial charge is 0.458 e. The summed E-state index contributed by atoms with van der Waals surface area (Å²) in [6, 6.07) is 6.64. The van der Waals surface area contributed by atoms with Crippen molar-refractivity contribution in [1.82, 2.24) is 15.3 Å². The molecule has 1 atom stereocenters. The second-order valence-electron chi connectivity index (χ2n) is 8.14. The summed E-state index contributed by atoms with van der Waals surface area (Å²) in [5.41, 5.74) is 0.325. The highest BCUT2D eigenvalue weighted by molar-refractivity contribution is 5.82. The Bertz CT molecular complexity index is 751. The molecule has 0 saturated carbocycles. The van der Waals surface area contributed by atoms with Gasteiger partial charge in [0.2, 0.25) is 0 Å². The van der Waals surface area contributed by atoms with Gasteiger partial charge in [-0.1, -0.05) is 12.1 Å². The van der Waals surface area contributed by atoms with Crippen molar-refractivity contribution in [2.45, 2.75) is 65.2 Å². The molecule has 0 fully saturated rings. The fourth-order valence-corrected chi connectivity index (χ4v) is 2.31. The number of nitrogens with zero attached hydrogens (tertiary/aromatic N) is 1. The molecule has 1 aromatic heterocycles. The normalized spacial score (nSPS) is 13.3. The van der Waals surface area contributed by atoms with Crippen molar-refractivity contribution in [2.75, 3.05) is 0 Å². The number of ether oxygens (including phenoxy) is 2. The van der Waals surface area contributed by atoms with Crippen molar-refractivity contribution < 1.29 is 19.1 Å². The number of fused-ring (bicyclic) bond motifs is 1. The van der Waals surface area contributed by atoms with E-state index in [0.29, 0.717) is 5.82 Å². The van der Waals surface area contributed by atoms with E-state index in [0.717, 1.165) is 11.0 Å². The lowest BCUT2D eigenvalue weighted by atomic mass is 10.1. The molecule has 0 bridgehead atoms. The first-order valence-electron chi connectivity index (χ1n) is 8.59. The number of nitrogens with one attached hydrogen (secondary N) is 2. The van der Waals surface area contributed by atoms with Gasteiger partial charge >= 0.3 is 12.1 Å². The number of alkyl carbamates (subject to hydrolysis) is 1. The number of rotatable bonds is 4. The lowest BCUT2D eigenvalue weighted by Crippen LogP contribution is -2.47. The standard InChI is InChI=1S/C19H27N3O4/c1-18(2,3)25-16(23)14(22-17(24)26-19(4,5)6)11-15-20-12-9-7-8-10-13(12)21-15/h7-10,14H,11H2,1-6H3,(H,20,21)(H,22,24)/t14-/m0/s1. The van der Waals surface area contributed by atoms with E-state index in [-0.39, 0.29) is 6.42 Å². The summed E-state index contributed by atoms with van der Waals surface area (Å²) < 4.78 is 10.7. The minimum Gasteiger partial charge on any atom is -0.458 e. The number of hydrogen-bond acceptors (Lipinski definition) is 5. The van der Waals surface area contributed by atoms with Crippen LogP contribution >= 0.6 is 0 Å². The van der Waals surface area contributed by atoms with Gasteiger partial charge in [-0.05, 0) is 53.7 Å². The molecule has 2 N–H and O–H groups in total. The Morgan fingerprint density at radius 3 is 2.27 bits per heavy atom. The quantitative estimate of drug-likeness (QED) is 0.815. The zero-order chi connectivity index (χ0) is 19.5. The molecule has 0 aliphatic heterocycles. The average Bonchev–Trinajstić information content (AvgIpc) is 2.84. The van der Waals surface area contributed by atoms with E-state index < -0.39 is 29.3 Å². The van der Waals surface area contributed by atoms with Crippen LogP contribution < -0.4 is 5.32 Å². The highest BCUT2D eigenvalue weighted by Gasteiger charge is 2.29. The topological polar surface area (TPSA) is 93.3 Å². The first-order valence-corrected chi connectivity index (χ1v) is 8.59. The zero-order valence-electron chi connectivity index (χ0n) is 16.2. The monoisotopic (exact) mass is 361 g/mol. The number of hydrogen-bond donors (Lipinski definition) is 2. The third-order valence-electron chi connectivity index (χ3n) is 3.22. The van der Waals surface area contributed by atoms with Crippen LogP contribution in [0.1, 0.15) is 47.4 Å². The summed E-state index contributed by atoms with van der Waals surface area (Å²) in [4.78, 5) is 32.3. The van der Waals surface area contributed by atoms with Gasteiger partial charge < -0.3 is 19.8 Å². The van der Waals surface area contributed by atoms with Gasteiger partial charge in [-0.25, -0.2) is 14.6 Å². The van der Waals surface area contributed by atoms with Crippen molar-refractivity contribution >= 4 is 23.1 Å². The molecule has 0 radical (unpaired) electrons. The lowest BCUT2D eigenvalue weighted by Gasteiger charge is -2.26. The molecule has 0 saturated heterocycles. The summed E-state index contributed by atoms with van der Waals surface area (Å²) in [5, 5.41) is 2.59. The van der Waals surface area contributed by atoms with E-state index in [9.17, 15) is 9.59 Å². The molecule has 7 heteroatoms. The van der Waals surface area contributed by atoms with Crippen molar-refractivity contribution in [1.29, 1.82) is 0 Å². The Morgan fingerprint density at radius 1 is 1.08 bits per heavy atom. The van der Waals surface area contributed by atoms with E-state index in [1.54, 1.807) is 41.5 Å². The number of aromatic amines is 1. The SMILES string of the molecule is CC(C)(C)OC(=O)N[C@@H](Cc1nc2ccccc2[nH]1)C(=O)OC(C)(C)C. The Balaban J connectivity index is 2.18. The van der Waals surface area contributed by atoms with Crippen LogP contribution in [0.5, 0.6) is 0 Å². The summed E-state index contributed by atoms with van der Waals surface area (Å²) >= 11 is 0. The second kappa shape index (κ2) is 7.35. The number of carbonyl (C=O) groups is 2. The fraction of sp³-hybridized carbons (Fsp3) is 0.526. The zero-order valence-corrected chi connectivity index (χ0v) is 16.2. The van der Waals surface area contributed by atoms with E-state index in [2.05, 4.69) is 15.3 Å². The van der Waals surface area contributed by atoms with Crippen LogP contribution in [0, 0.1) is 0 Å². The number of para-hydroxylation sites is 2. The van der Waals surface area contributed by atoms with Crippen molar-refractivity contribution in [3.05, 3.63) is 30.1 Å². The molecule has 2 aromatic rings. The van der Waals surface area contributed by atoms with Crippen LogP contribution in [-0.4, -0.2) is 39.3 Å². The average molecular weight is 361 g/mol. The number of H-pyrrole nitrogens is 1. The van der Waals surface area contributed by atoms with Crippen LogP contribution in [0.3, 0.4) is 0 Å². The number of carbonyl (C=O) groups excluding carboxylic acids is 2. The number of amides is 1. The van der Waals surface area contributed by atoms with Crippen molar-refractivity contribution in [2.24, 2.45) is 0 Å². The molecular weight excluding hydrogens is 334 g/mol. The Kier molecular flexibility index (Phi) is 5.59. The number of aromatic nitrogens is 2. The summed E-state index contributed by atoms with van der Waals surface area (Å²) in [6.45, 7) is 10.6. The van der Waals surface area contributed by atoms with Crippen LogP contribution in [-0.2, 0) is 20.7 Å². The number of esters is 1. The molecule has 1 aromatic carbocycles. The summed E-state index contributed by atoms with van der Waals surface area (Å²) in [7, 11) is 0. The van der Waals surface area contributed by atoms with E-state index >= 15 is 0 Å². The third kappa shape index (κ3) is 6.06. The maximum atomic E-state index is 12.5. The first kappa shape index (κ1) is 19.8. The molecule has 7 nitrogen and oxygen atoms in total. The second-order valence-corrected chi connectivity index (χ2v) is 8.14. The predicted molar refractivity (Wildman–Crippen MR) is 98.8 cm³/mol. The predicted octanol–water partition coefficient (Wildman–Crippen LogP) is 3.34. The maximum Gasteiger partial charge on any atom is 0.408 e. The molecule has 0 aliphatic carbocycles. The van der Waals surface area contributed by atoms with Gasteiger partial charge in [0.05, 0.1) is 11.0 Å². The van der Waals surface area contributed by atoms with E-state index in [1.807, 2.05) is 24.3 Å². The first-order chi connectivity index (χ1) is 11.9. The van der Waals surface area contributed by atoms with Crippen LogP contribution in [0.25, 0.3) is 11.0 Å². The van der Waals surface area contributed by atoms with Gasteiger partial charge in [-0.3, -0.25) is 0 Å². The Hall–Kier alpha value is -2.57. The number of imidazole rings is 1. The molecular formula is C19H27N3O4. The Labute approximate surface area is 153 Å². The summed E-state index contributed by atoms with van der Waals surface area (Å²) in [5.74, 6) is 0.0435. The summed E-state index contributed by atoms with van der Waals surface area (Å²) in [6.07, 6.45) is -0.507. The van der Waals surface area contributed by atoms with Crippen LogP contribution in [0.2, 0.25) is 0 Å². The van der Waals surface area contributed by atoms with Gasteiger partial charge in [0, 0.05) is 6.42 Å². The smallest absolute Gasteiger partial charge is 0.408 e. The molecule has 0 unspecified atom stereocenters. The lowest BCUT2D eigenvalue weighted by molar-refractivity contribution is -0.157. The molecule has 0 spiro atoms. The highest BCUT2D eigenvalue weighted by atomic mass is 16.6. The van der Waals surface area contributed by atoms with Gasteiger partial charge in [0.25, 0.3) is 0 Å². The number of benzene rings is 1. The van der Waals surface area contributed by atoms with E-state index in [1.165, 1.54) is 0 Å². The van der Waals surface area contributed by atoms with Crippen LogP contribution in [0.4, 0.5) is 4.79 Å². The van der Waals surface area contributed by atoms with Gasteiger partial charge in [0.15, 0.2) is 0 Å². The van der Waals surface area contributed by atoms with Gasteiger partial charge in [0.1, 0.15) is 23.1 Å². The minimum atomic E-state index is -0.912. The van der Waals surface area contributed by atoms with Gasteiger partial charge in [-0.2, -0.15) is 0 Å². The van der Waals surface area contributed by atoms with Crippen molar-refractivity contribution in [3.63, 3.8) is 0 Å². The molecule has 1 heterocycles. The minimum absolute atomic E-state index is 0.169. The maximum absolute atomic E-state index is 12.5. The molecule has 1 amide bonds. The molecule has 26 heavy (non-hydrogen) atoms. The molecule has 0 aliphatic rings. The fourth-order valence-electron chi connectivity index (χ4n) is 2.31. The third-order valence-corrected chi connectivity index (χ3v) is 3.22. The highest BCUT2D eigenvalue weighted by Crippen LogP contribution is 2.15. The molecule has 2 rings (SSSR count). The van der Waals surface area contributed by atoms with Gasteiger partial charge in [-0.15, -0.1) is 0 Å². The molecule has 142 valence electrons. The van der Waals surface area contributed by atoms with E-state index in [4.69, 9.17) is 9.47 Å². The Morgan fingerprint density at radius 2 is 1.69 bits per heavy atom.